The highest BCUT2D eigenvalue weighted by Crippen LogP contribution is 2.36. The Balaban J connectivity index is 1.92. The average Bonchev–Trinajstić information content (AvgIpc) is 2.78. The Labute approximate surface area is 89.9 Å². The van der Waals surface area contributed by atoms with E-state index < -0.39 is 0 Å². The van der Waals surface area contributed by atoms with E-state index in [1.807, 2.05) is 0 Å². The van der Waals surface area contributed by atoms with E-state index in [0.29, 0.717) is 11.8 Å². The second-order valence-electron chi connectivity index (χ2n) is 4.40. The van der Waals surface area contributed by atoms with Crippen molar-refractivity contribution in [1.29, 1.82) is 0 Å². The second-order valence-corrected chi connectivity index (χ2v) is 4.40. The molecule has 0 bridgehead atoms. The normalized spacial score (nSPS) is 29.2. The largest absolute Gasteiger partial charge is 0.395 e. The molecule has 0 aromatic heterocycles. The van der Waals surface area contributed by atoms with E-state index in [-0.39, 0.29) is 0 Å². The van der Waals surface area contributed by atoms with Crippen molar-refractivity contribution in [2.24, 2.45) is 11.1 Å². The number of nitrogens with zero attached hydrogens (tertiary/aromatic N) is 1. The van der Waals surface area contributed by atoms with Crippen LogP contribution >= 0.6 is 0 Å². The van der Waals surface area contributed by atoms with Gasteiger partial charge in [-0.05, 0) is 18.4 Å². The second kappa shape index (κ2) is 3.69. The summed E-state index contributed by atoms with van der Waals surface area (Å²) in [7, 11) is 0. The Bertz CT molecular complexity index is 371. The van der Waals surface area contributed by atoms with E-state index in [1.54, 1.807) is 0 Å². The molecule has 0 saturated heterocycles. The fraction of sp³-hybridized carbons (Fsp3) is 0.462. The molecule has 2 nitrogen and oxygen atoms in total. The van der Waals surface area contributed by atoms with Crippen molar-refractivity contribution in [3.05, 3.63) is 35.9 Å². The Morgan fingerprint density at radius 3 is 2.87 bits per heavy atom. The van der Waals surface area contributed by atoms with E-state index in [4.69, 9.17) is 4.84 Å². The topological polar surface area (TPSA) is 21.6 Å². The van der Waals surface area contributed by atoms with Crippen LogP contribution in [-0.4, -0.2) is 12.3 Å². The van der Waals surface area contributed by atoms with Crippen LogP contribution in [0.2, 0.25) is 0 Å². The molecule has 1 aromatic carbocycles. The molecular formula is C13H15NO. The van der Waals surface area contributed by atoms with Gasteiger partial charge in [0.1, 0.15) is 6.61 Å². The molecule has 1 fully saturated rings. The summed E-state index contributed by atoms with van der Waals surface area (Å²) in [5.41, 5.74) is 2.68. The Morgan fingerprint density at radius 2 is 2.00 bits per heavy atom. The molecule has 1 heterocycles. The van der Waals surface area contributed by atoms with Gasteiger partial charge in [-0.15, -0.1) is 0 Å². The lowest BCUT2D eigenvalue weighted by atomic mass is 9.77. The van der Waals surface area contributed by atoms with E-state index in [0.717, 1.165) is 6.61 Å². The molecular weight excluding hydrogens is 186 g/mol. The molecule has 0 N–H and O–H groups in total. The van der Waals surface area contributed by atoms with Gasteiger partial charge in [-0.25, -0.2) is 0 Å². The molecule has 2 atom stereocenters. The molecule has 1 aliphatic carbocycles. The first-order chi connectivity index (χ1) is 7.45. The van der Waals surface area contributed by atoms with Crippen molar-refractivity contribution < 1.29 is 4.84 Å². The third-order valence-corrected chi connectivity index (χ3v) is 3.47. The van der Waals surface area contributed by atoms with Gasteiger partial charge in [0.2, 0.25) is 0 Å². The summed E-state index contributed by atoms with van der Waals surface area (Å²) >= 11 is 0. The molecule has 1 aliphatic heterocycles. The van der Waals surface area contributed by atoms with Crippen LogP contribution in [0.25, 0.3) is 0 Å². The number of rotatable bonds is 1. The summed E-state index contributed by atoms with van der Waals surface area (Å²) in [6, 6.07) is 10.7. The molecule has 1 saturated carbocycles. The summed E-state index contributed by atoms with van der Waals surface area (Å²) in [6.07, 6.45) is 3.78. The fourth-order valence-corrected chi connectivity index (χ4v) is 2.68. The summed E-state index contributed by atoms with van der Waals surface area (Å²) in [5, 5.41) is 4.23. The maximum atomic E-state index is 5.23. The number of hydrogen-bond donors (Lipinski definition) is 0. The third-order valence-electron chi connectivity index (χ3n) is 3.47. The zero-order valence-electron chi connectivity index (χ0n) is 8.73. The molecule has 0 radical (unpaired) electrons. The van der Waals surface area contributed by atoms with Crippen LogP contribution in [0.5, 0.6) is 0 Å². The van der Waals surface area contributed by atoms with Crippen LogP contribution in [0, 0.1) is 5.92 Å². The quantitative estimate of drug-likeness (QED) is 0.684. The number of benzene rings is 1. The average molecular weight is 201 g/mol. The molecule has 3 rings (SSSR count). The van der Waals surface area contributed by atoms with Crippen molar-refractivity contribution in [3.63, 3.8) is 0 Å². The molecule has 0 unspecified atom stereocenters. The maximum absolute atomic E-state index is 5.23. The van der Waals surface area contributed by atoms with Crippen LogP contribution in [0.15, 0.2) is 35.5 Å². The van der Waals surface area contributed by atoms with Gasteiger partial charge in [0.25, 0.3) is 0 Å². The van der Waals surface area contributed by atoms with Gasteiger partial charge >= 0.3 is 0 Å². The van der Waals surface area contributed by atoms with Crippen LogP contribution in [0.4, 0.5) is 0 Å². The van der Waals surface area contributed by atoms with Crippen molar-refractivity contribution >= 4 is 5.71 Å². The van der Waals surface area contributed by atoms with E-state index in [9.17, 15) is 0 Å². The van der Waals surface area contributed by atoms with Crippen LogP contribution < -0.4 is 0 Å². The van der Waals surface area contributed by atoms with Crippen LogP contribution in [-0.2, 0) is 4.84 Å². The lowest BCUT2D eigenvalue weighted by Crippen LogP contribution is -2.25. The smallest absolute Gasteiger partial charge is 0.125 e. The van der Waals surface area contributed by atoms with Gasteiger partial charge in [-0.3, -0.25) is 0 Å². The van der Waals surface area contributed by atoms with Crippen molar-refractivity contribution in [3.8, 4) is 0 Å². The zero-order valence-corrected chi connectivity index (χ0v) is 8.73. The minimum atomic E-state index is 0.507. The minimum Gasteiger partial charge on any atom is -0.395 e. The SMILES string of the molecule is c1ccc([C@H]2CCC[C@H]3CON=C32)cc1. The number of fused-ring (bicyclic) bond motifs is 1. The Kier molecular flexibility index (Phi) is 2.20. The first kappa shape index (κ1) is 8.96. The summed E-state index contributed by atoms with van der Waals surface area (Å²) in [5.74, 6) is 1.09. The number of hydrogen-bond acceptors (Lipinski definition) is 2. The van der Waals surface area contributed by atoms with Crippen molar-refractivity contribution in [2.45, 2.75) is 25.2 Å². The summed E-state index contributed by atoms with van der Waals surface area (Å²) < 4.78 is 0. The predicted molar refractivity (Wildman–Crippen MR) is 59.9 cm³/mol. The molecule has 2 aliphatic rings. The highest BCUT2D eigenvalue weighted by Gasteiger charge is 2.34. The summed E-state index contributed by atoms with van der Waals surface area (Å²) in [4.78, 5) is 5.23. The third kappa shape index (κ3) is 1.54. The lowest BCUT2D eigenvalue weighted by Gasteiger charge is -2.25. The molecule has 78 valence electrons. The van der Waals surface area contributed by atoms with Gasteiger partial charge < -0.3 is 4.84 Å². The zero-order chi connectivity index (χ0) is 10.1. The van der Waals surface area contributed by atoms with Gasteiger partial charge in [-0.1, -0.05) is 41.9 Å². The van der Waals surface area contributed by atoms with E-state index >= 15 is 0 Å². The van der Waals surface area contributed by atoms with Gasteiger partial charge in [0.05, 0.1) is 5.71 Å². The maximum Gasteiger partial charge on any atom is 0.125 e. The monoisotopic (exact) mass is 201 g/mol. The van der Waals surface area contributed by atoms with Crippen LogP contribution in [0.1, 0.15) is 30.7 Å². The molecule has 1 aromatic rings. The molecule has 2 heteroatoms. The number of oxime groups is 1. The fourth-order valence-electron chi connectivity index (χ4n) is 2.68. The molecule has 0 amide bonds. The lowest BCUT2D eigenvalue weighted by molar-refractivity contribution is 0.152. The first-order valence-corrected chi connectivity index (χ1v) is 5.70. The Hall–Kier alpha value is -1.31. The van der Waals surface area contributed by atoms with E-state index in [2.05, 4.69) is 35.5 Å². The molecule has 15 heavy (non-hydrogen) atoms. The van der Waals surface area contributed by atoms with Gasteiger partial charge in [0, 0.05) is 11.8 Å². The highest BCUT2D eigenvalue weighted by molar-refractivity contribution is 5.94. The van der Waals surface area contributed by atoms with Crippen LogP contribution in [0.3, 0.4) is 0 Å². The highest BCUT2D eigenvalue weighted by atomic mass is 16.6. The van der Waals surface area contributed by atoms with Gasteiger partial charge in [0.15, 0.2) is 0 Å². The first-order valence-electron chi connectivity index (χ1n) is 5.70. The summed E-state index contributed by atoms with van der Waals surface area (Å²) in [6.45, 7) is 0.804. The van der Waals surface area contributed by atoms with Crippen molar-refractivity contribution in [2.75, 3.05) is 6.61 Å². The predicted octanol–water partition coefficient (Wildman–Crippen LogP) is 2.96. The van der Waals surface area contributed by atoms with E-state index in [1.165, 1.54) is 30.5 Å². The Morgan fingerprint density at radius 1 is 1.13 bits per heavy atom. The standard InChI is InChI=1S/C13H15NO/c1-2-5-10(6-3-1)12-8-4-7-11-9-15-14-13(11)12/h1-3,5-6,11-12H,4,7-9H2/t11-,12+/m0/s1. The minimum absolute atomic E-state index is 0.507. The van der Waals surface area contributed by atoms with Gasteiger partial charge in [-0.2, -0.15) is 0 Å². The molecule has 0 spiro atoms. The van der Waals surface area contributed by atoms with Crippen molar-refractivity contribution in [1.82, 2.24) is 0 Å².